The summed E-state index contributed by atoms with van der Waals surface area (Å²) in [5.74, 6) is 0.912. The summed E-state index contributed by atoms with van der Waals surface area (Å²) in [7, 11) is 1.34. The molecule has 0 aliphatic rings. The Kier molecular flexibility index (Phi) is 8.30. The number of ketones is 1. The number of ether oxygens (including phenoxy) is 3. The van der Waals surface area contributed by atoms with Crippen molar-refractivity contribution < 1.29 is 28.9 Å². The first-order valence-electron chi connectivity index (χ1n) is 11.2. The number of methoxy groups -OCH3 is 1. The quantitative estimate of drug-likeness (QED) is 0.300. The van der Waals surface area contributed by atoms with E-state index >= 15 is 0 Å². The van der Waals surface area contributed by atoms with Crippen LogP contribution in [0.2, 0.25) is 0 Å². The lowest BCUT2D eigenvalue weighted by Crippen LogP contribution is -2.05. The van der Waals surface area contributed by atoms with Crippen LogP contribution in [-0.4, -0.2) is 24.0 Å². The normalized spacial score (nSPS) is 10.7. The van der Waals surface area contributed by atoms with Crippen molar-refractivity contribution in [3.05, 3.63) is 88.5 Å². The molecule has 6 heteroatoms. The van der Waals surface area contributed by atoms with E-state index in [-0.39, 0.29) is 23.4 Å². The van der Waals surface area contributed by atoms with E-state index < -0.39 is 0 Å². The number of carbonyl (C=O) groups is 2. The van der Waals surface area contributed by atoms with Gasteiger partial charge in [0.2, 0.25) is 0 Å². The highest BCUT2D eigenvalue weighted by atomic mass is 16.5. The summed E-state index contributed by atoms with van der Waals surface area (Å²) in [6.07, 6.45) is 0.386. The number of rotatable bonds is 10. The van der Waals surface area contributed by atoms with Crippen LogP contribution in [0.5, 0.6) is 17.2 Å². The van der Waals surface area contributed by atoms with Crippen LogP contribution in [-0.2, 0) is 18.0 Å². The van der Waals surface area contributed by atoms with Crippen LogP contribution in [0.3, 0.4) is 0 Å². The highest BCUT2D eigenvalue weighted by molar-refractivity contribution is 5.99. The number of aromatic hydroxyl groups is 1. The van der Waals surface area contributed by atoms with Crippen LogP contribution < -0.4 is 9.47 Å². The number of phenols is 1. The van der Waals surface area contributed by atoms with Gasteiger partial charge in [-0.05, 0) is 66.4 Å². The Labute approximate surface area is 200 Å². The molecule has 0 aliphatic heterocycles. The Morgan fingerprint density at radius 3 is 2.18 bits per heavy atom. The number of phenolic OH excluding ortho intramolecular Hbond substituents is 1. The van der Waals surface area contributed by atoms with Gasteiger partial charge >= 0.3 is 5.97 Å². The van der Waals surface area contributed by atoms with E-state index in [1.54, 1.807) is 43.3 Å². The van der Waals surface area contributed by atoms with E-state index in [9.17, 15) is 14.7 Å². The monoisotopic (exact) mass is 462 g/mol. The fourth-order valence-electron chi connectivity index (χ4n) is 3.49. The molecular weight excluding hydrogens is 432 g/mol. The Hall–Kier alpha value is -3.80. The first-order chi connectivity index (χ1) is 16.3. The molecule has 0 aliphatic carbocycles. The van der Waals surface area contributed by atoms with Crippen LogP contribution in [0, 0.1) is 12.8 Å². The predicted octanol–water partition coefficient (Wildman–Crippen LogP) is 5.87. The maximum atomic E-state index is 12.3. The molecule has 0 spiro atoms. The molecule has 0 aromatic heterocycles. The van der Waals surface area contributed by atoms with Crippen molar-refractivity contribution >= 4 is 11.8 Å². The molecule has 6 nitrogen and oxygen atoms in total. The van der Waals surface area contributed by atoms with Crippen LogP contribution in [0.25, 0.3) is 0 Å². The van der Waals surface area contributed by atoms with Crippen LogP contribution in [0.1, 0.15) is 57.7 Å². The zero-order chi connectivity index (χ0) is 24.7. The summed E-state index contributed by atoms with van der Waals surface area (Å²) in [5, 5.41) is 10.5. The number of hydrogen-bond acceptors (Lipinski definition) is 6. The van der Waals surface area contributed by atoms with Crippen LogP contribution in [0.15, 0.2) is 60.7 Å². The molecule has 0 unspecified atom stereocenters. The van der Waals surface area contributed by atoms with Gasteiger partial charge in [-0.3, -0.25) is 4.79 Å². The fraction of sp³-hybridized carbons (Fsp3) is 0.286. The maximum absolute atomic E-state index is 12.3. The van der Waals surface area contributed by atoms with Crippen molar-refractivity contribution in [2.75, 3.05) is 7.11 Å². The van der Waals surface area contributed by atoms with Crippen molar-refractivity contribution in [1.29, 1.82) is 0 Å². The zero-order valence-electron chi connectivity index (χ0n) is 20.0. The van der Waals surface area contributed by atoms with Crippen LogP contribution in [0.4, 0.5) is 0 Å². The third kappa shape index (κ3) is 6.38. The highest BCUT2D eigenvalue weighted by Gasteiger charge is 2.17. The zero-order valence-corrected chi connectivity index (χ0v) is 20.0. The predicted molar refractivity (Wildman–Crippen MR) is 130 cm³/mol. The molecule has 0 radical (unpaired) electrons. The summed E-state index contributed by atoms with van der Waals surface area (Å²) in [4.78, 5) is 23.9. The van der Waals surface area contributed by atoms with Crippen molar-refractivity contribution in [3.63, 3.8) is 0 Å². The number of carbonyl (C=O) groups excluding carboxylic acids is 2. The number of esters is 1. The molecule has 0 saturated heterocycles. The average molecular weight is 463 g/mol. The second-order valence-electron chi connectivity index (χ2n) is 8.52. The van der Waals surface area contributed by atoms with Crippen LogP contribution >= 0.6 is 0 Å². The van der Waals surface area contributed by atoms with E-state index in [1.807, 2.05) is 38.1 Å². The molecule has 1 N–H and O–H groups in total. The van der Waals surface area contributed by atoms with Gasteiger partial charge < -0.3 is 19.3 Å². The Bertz CT molecular complexity index is 1150. The van der Waals surface area contributed by atoms with Gasteiger partial charge in [0.05, 0.1) is 18.2 Å². The largest absolute Gasteiger partial charge is 0.507 e. The van der Waals surface area contributed by atoms with E-state index in [0.717, 1.165) is 11.1 Å². The lowest BCUT2D eigenvalue weighted by molar-refractivity contribution is 0.0600. The Morgan fingerprint density at radius 2 is 1.56 bits per heavy atom. The summed E-state index contributed by atoms with van der Waals surface area (Å²) < 4.78 is 16.4. The van der Waals surface area contributed by atoms with Gasteiger partial charge in [0, 0.05) is 12.0 Å². The third-order valence-electron chi connectivity index (χ3n) is 5.34. The molecular formula is C28H30O6. The summed E-state index contributed by atoms with van der Waals surface area (Å²) in [6, 6.07) is 17.9. The van der Waals surface area contributed by atoms with E-state index in [2.05, 4.69) is 0 Å². The smallest absolute Gasteiger partial charge is 0.337 e. The van der Waals surface area contributed by atoms with Gasteiger partial charge in [-0.15, -0.1) is 0 Å². The molecule has 3 rings (SSSR count). The minimum Gasteiger partial charge on any atom is -0.507 e. The number of hydrogen-bond donors (Lipinski definition) is 1. The molecule has 0 bridgehead atoms. The van der Waals surface area contributed by atoms with E-state index in [4.69, 9.17) is 14.2 Å². The summed E-state index contributed by atoms with van der Waals surface area (Å²) >= 11 is 0. The van der Waals surface area contributed by atoms with Gasteiger partial charge in [0.1, 0.15) is 30.5 Å². The molecule has 0 fully saturated rings. The third-order valence-corrected chi connectivity index (χ3v) is 5.34. The fourth-order valence-corrected chi connectivity index (χ4v) is 3.49. The molecule has 0 amide bonds. The summed E-state index contributed by atoms with van der Waals surface area (Å²) in [5.41, 5.74) is 3.25. The Balaban J connectivity index is 1.61. The van der Waals surface area contributed by atoms with Gasteiger partial charge in [0.25, 0.3) is 0 Å². The minimum atomic E-state index is -0.389. The topological polar surface area (TPSA) is 82.1 Å². The second kappa shape index (κ2) is 11.4. The molecule has 178 valence electrons. The Morgan fingerprint density at radius 1 is 0.912 bits per heavy atom. The lowest BCUT2D eigenvalue weighted by Gasteiger charge is -2.14. The van der Waals surface area contributed by atoms with E-state index in [1.165, 1.54) is 7.11 Å². The van der Waals surface area contributed by atoms with E-state index in [0.29, 0.717) is 47.8 Å². The van der Waals surface area contributed by atoms with Gasteiger partial charge in [-0.1, -0.05) is 32.0 Å². The molecule has 0 saturated carbocycles. The molecule has 3 aromatic rings. The maximum Gasteiger partial charge on any atom is 0.337 e. The number of benzene rings is 3. The van der Waals surface area contributed by atoms with Gasteiger partial charge in [-0.25, -0.2) is 4.79 Å². The van der Waals surface area contributed by atoms with Crippen molar-refractivity contribution in [1.82, 2.24) is 0 Å². The van der Waals surface area contributed by atoms with Crippen molar-refractivity contribution in [2.24, 2.45) is 5.92 Å². The molecule has 0 heterocycles. The first kappa shape index (κ1) is 24.8. The second-order valence-corrected chi connectivity index (χ2v) is 8.52. The van der Waals surface area contributed by atoms with Gasteiger partial charge in [0.15, 0.2) is 5.78 Å². The summed E-state index contributed by atoms with van der Waals surface area (Å²) in [6.45, 7) is 6.35. The minimum absolute atomic E-state index is 0.0245. The molecule has 3 aromatic carbocycles. The number of Topliss-reactive ketones (excluding diaryl/α,β-unsaturated/α-hetero) is 1. The standard InChI is InChI=1S/C28H30O6/c1-18(2)14-25(29)24-12-13-26(19(3)27(24)30)34-17-21-7-5-6-20(15-21)16-33-23-10-8-22(9-11-23)28(31)32-4/h5-13,15,18,30H,14,16-17H2,1-4H3. The molecule has 0 atom stereocenters. The highest BCUT2D eigenvalue weighted by Crippen LogP contribution is 2.32. The molecule has 34 heavy (non-hydrogen) atoms. The van der Waals surface area contributed by atoms with Crippen molar-refractivity contribution in [3.8, 4) is 17.2 Å². The average Bonchev–Trinajstić information content (AvgIpc) is 2.83. The SMILES string of the molecule is COC(=O)c1ccc(OCc2cccc(COc3ccc(C(=O)CC(C)C)c(O)c3C)c2)cc1. The van der Waals surface area contributed by atoms with Gasteiger partial charge in [-0.2, -0.15) is 0 Å². The lowest BCUT2D eigenvalue weighted by atomic mass is 9.98. The van der Waals surface area contributed by atoms with Crippen molar-refractivity contribution in [2.45, 2.75) is 40.4 Å². The first-order valence-corrected chi connectivity index (χ1v) is 11.2.